The lowest BCUT2D eigenvalue weighted by Crippen LogP contribution is -2.63. The summed E-state index contributed by atoms with van der Waals surface area (Å²) in [5.74, 6) is 0. The zero-order valence-electron chi connectivity index (χ0n) is 35.1. The monoisotopic (exact) mass is 812 g/mol. The molecule has 3 aliphatic rings. The Labute approximate surface area is 375 Å². The van der Waals surface area contributed by atoms with Crippen LogP contribution < -0.4 is 20.6 Å². The third kappa shape index (κ3) is 5.34. The molecule has 0 bridgehead atoms. The fourth-order valence-corrected chi connectivity index (χ4v) is 11.2. The summed E-state index contributed by atoms with van der Waals surface area (Å²) in [7, 11) is 0. The fourth-order valence-electron chi connectivity index (χ4n) is 11.2. The largest absolute Gasteiger partial charge is 0.376 e. The molecule has 10 aromatic rings. The van der Waals surface area contributed by atoms with Crippen LogP contribution >= 0.6 is 0 Å². The van der Waals surface area contributed by atoms with E-state index in [1.807, 2.05) is 0 Å². The summed E-state index contributed by atoms with van der Waals surface area (Å²) >= 11 is 0. The van der Waals surface area contributed by atoms with Crippen molar-refractivity contribution in [3.8, 4) is 44.5 Å². The highest BCUT2D eigenvalue weighted by molar-refractivity contribution is 6.93. The number of para-hydroxylation sites is 2. The van der Waals surface area contributed by atoms with E-state index < -0.39 is 5.41 Å². The first kappa shape index (κ1) is 36.5. The zero-order valence-corrected chi connectivity index (χ0v) is 35.1. The minimum Gasteiger partial charge on any atom is -0.376 e. The van der Waals surface area contributed by atoms with E-state index in [1.165, 1.54) is 100 Å². The first-order valence-corrected chi connectivity index (χ1v) is 22.3. The van der Waals surface area contributed by atoms with Crippen molar-refractivity contribution in [2.75, 3.05) is 9.71 Å². The summed E-state index contributed by atoms with van der Waals surface area (Å²) in [5, 5.41) is 0. The van der Waals surface area contributed by atoms with E-state index in [0.29, 0.717) is 0 Å². The van der Waals surface area contributed by atoms with Gasteiger partial charge in [-0.1, -0.05) is 212 Å². The highest BCUT2D eigenvalue weighted by Gasteiger charge is 2.53. The summed E-state index contributed by atoms with van der Waals surface area (Å²) in [5.41, 5.74) is 22.8. The van der Waals surface area contributed by atoms with Crippen LogP contribution in [0.15, 0.2) is 249 Å². The van der Waals surface area contributed by atoms with Crippen LogP contribution in [0.4, 0.5) is 28.4 Å². The molecule has 298 valence electrons. The summed E-state index contributed by atoms with van der Waals surface area (Å²) in [6.07, 6.45) is 0. The molecule has 64 heavy (non-hydrogen) atoms. The molecule has 13 rings (SSSR count). The standard InChI is InChI=1S/C61H41BN2/c1-6-19-42(20-7-1)45-33-36-50(37-34-45)63-57-38-35-46(43-21-8-2-9-22-43)40-55(57)62-59-52(39-47(41-58(59)63)44-23-10-3-11-24-44)51-29-18-31-54-60(51)64(62)56-32-17-16-30-53(56)61(54,48-25-12-4-13-26-48)49-27-14-5-15-28-49/h1-41H. The Balaban J connectivity index is 1.16. The minimum absolute atomic E-state index is 0.132. The molecule has 3 aliphatic heterocycles. The molecule has 0 aliphatic carbocycles. The number of hydrogen-bond acceptors (Lipinski definition) is 2. The molecule has 0 saturated carbocycles. The molecule has 0 N–H and O–H groups in total. The van der Waals surface area contributed by atoms with Gasteiger partial charge in [0, 0.05) is 34.0 Å². The Morgan fingerprint density at radius 2 is 0.844 bits per heavy atom. The Morgan fingerprint density at radius 3 is 1.48 bits per heavy atom. The maximum atomic E-state index is 2.71. The predicted molar refractivity (Wildman–Crippen MR) is 268 cm³/mol. The van der Waals surface area contributed by atoms with Crippen LogP contribution in [-0.4, -0.2) is 6.85 Å². The van der Waals surface area contributed by atoms with E-state index in [0.717, 1.165) is 5.69 Å². The van der Waals surface area contributed by atoms with Gasteiger partial charge in [-0.05, 0) is 109 Å². The van der Waals surface area contributed by atoms with Crippen LogP contribution in [0.3, 0.4) is 0 Å². The summed E-state index contributed by atoms with van der Waals surface area (Å²) in [4.78, 5) is 5.24. The molecular formula is C61H41BN2. The predicted octanol–water partition coefficient (Wildman–Crippen LogP) is 14.1. The van der Waals surface area contributed by atoms with E-state index in [1.54, 1.807) is 0 Å². The Bertz CT molecular complexity index is 3330. The Hall–Kier alpha value is -8.14. The Morgan fingerprint density at radius 1 is 0.328 bits per heavy atom. The number of nitrogens with zero attached hydrogens (tertiary/aromatic N) is 2. The van der Waals surface area contributed by atoms with E-state index >= 15 is 0 Å². The van der Waals surface area contributed by atoms with Crippen molar-refractivity contribution in [3.63, 3.8) is 0 Å². The van der Waals surface area contributed by atoms with Gasteiger partial charge in [0.2, 0.25) is 0 Å². The van der Waals surface area contributed by atoms with Crippen LogP contribution in [0.25, 0.3) is 44.5 Å². The van der Waals surface area contributed by atoms with E-state index in [-0.39, 0.29) is 6.85 Å². The second-order valence-corrected chi connectivity index (χ2v) is 17.2. The molecule has 2 nitrogen and oxygen atoms in total. The molecule has 0 amide bonds. The molecule has 10 aromatic carbocycles. The smallest absolute Gasteiger partial charge is 0.333 e. The number of anilines is 5. The van der Waals surface area contributed by atoms with Crippen molar-refractivity contribution in [3.05, 3.63) is 271 Å². The average Bonchev–Trinajstić information content (AvgIpc) is 3.38. The molecule has 0 unspecified atom stereocenters. The van der Waals surface area contributed by atoms with Crippen molar-refractivity contribution < 1.29 is 0 Å². The molecular weight excluding hydrogens is 771 g/mol. The molecule has 3 heteroatoms. The van der Waals surface area contributed by atoms with Gasteiger partial charge < -0.3 is 9.71 Å². The van der Waals surface area contributed by atoms with E-state index in [4.69, 9.17) is 0 Å². The second kappa shape index (κ2) is 14.5. The van der Waals surface area contributed by atoms with E-state index in [2.05, 4.69) is 258 Å². The van der Waals surface area contributed by atoms with Gasteiger partial charge >= 0.3 is 6.85 Å². The van der Waals surface area contributed by atoms with Gasteiger partial charge in [0.25, 0.3) is 0 Å². The maximum Gasteiger partial charge on any atom is 0.333 e. The summed E-state index contributed by atoms with van der Waals surface area (Å²) in [6, 6.07) is 92.3. The van der Waals surface area contributed by atoms with Crippen LogP contribution in [0.5, 0.6) is 0 Å². The molecule has 3 heterocycles. The normalized spacial score (nSPS) is 13.7. The van der Waals surface area contributed by atoms with Crippen molar-refractivity contribution >= 4 is 46.2 Å². The summed E-state index contributed by atoms with van der Waals surface area (Å²) in [6.45, 7) is -0.132. The molecule has 0 atom stereocenters. The van der Waals surface area contributed by atoms with Gasteiger partial charge in [0.05, 0.1) is 5.41 Å². The SMILES string of the molecule is c1ccc(-c2ccc(N3c4ccc(-c5ccccc5)cc4B4c5c(cc(-c6ccccc6)cc53)-c3cccc5c3N4c3ccccc3C5(c3ccccc3)c3ccccc3)cc2)cc1. The van der Waals surface area contributed by atoms with Gasteiger partial charge in [-0.3, -0.25) is 0 Å². The lowest BCUT2D eigenvalue weighted by atomic mass is 9.42. The lowest BCUT2D eigenvalue weighted by molar-refractivity contribution is 0.734. The topological polar surface area (TPSA) is 6.48 Å². The molecule has 0 aromatic heterocycles. The van der Waals surface area contributed by atoms with Crippen molar-refractivity contribution in [1.82, 2.24) is 0 Å². The second-order valence-electron chi connectivity index (χ2n) is 17.2. The first-order chi connectivity index (χ1) is 31.8. The van der Waals surface area contributed by atoms with Gasteiger partial charge in [-0.2, -0.15) is 0 Å². The van der Waals surface area contributed by atoms with E-state index in [9.17, 15) is 0 Å². The highest BCUT2D eigenvalue weighted by Crippen LogP contribution is 2.60. The molecule has 0 radical (unpaired) electrons. The lowest BCUT2D eigenvalue weighted by Gasteiger charge is -2.53. The molecule has 0 saturated heterocycles. The minimum atomic E-state index is -0.575. The zero-order chi connectivity index (χ0) is 42.2. The van der Waals surface area contributed by atoms with Crippen molar-refractivity contribution in [1.29, 1.82) is 0 Å². The number of fused-ring (bicyclic) bond motifs is 6. The van der Waals surface area contributed by atoms with Gasteiger partial charge in [0.15, 0.2) is 0 Å². The van der Waals surface area contributed by atoms with Gasteiger partial charge in [0.1, 0.15) is 0 Å². The Kier molecular flexibility index (Phi) is 8.26. The van der Waals surface area contributed by atoms with Crippen molar-refractivity contribution in [2.24, 2.45) is 0 Å². The number of hydrogen-bond donors (Lipinski definition) is 0. The number of rotatable bonds is 6. The number of benzene rings is 10. The van der Waals surface area contributed by atoms with Crippen LogP contribution in [0, 0.1) is 0 Å². The van der Waals surface area contributed by atoms with Gasteiger partial charge in [-0.25, -0.2) is 0 Å². The summed E-state index contributed by atoms with van der Waals surface area (Å²) < 4.78 is 0. The van der Waals surface area contributed by atoms with Crippen LogP contribution in [0.2, 0.25) is 0 Å². The van der Waals surface area contributed by atoms with Gasteiger partial charge in [-0.15, -0.1) is 0 Å². The average molecular weight is 813 g/mol. The fraction of sp³-hybridized carbons (Fsp3) is 0.0164. The quantitative estimate of drug-likeness (QED) is 0.154. The first-order valence-electron chi connectivity index (χ1n) is 22.3. The molecule has 0 fully saturated rings. The third-order valence-corrected chi connectivity index (χ3v) is 13.9. The molecule has 0 spiro atoms. The van der Waals surface area contributed by atoms with Crippen LogP contribution in [-0.2, 0) is 5.41 Å². The third-order valence-electron chi connectivity index (χ3n) is 13.9. The highest BCUT2D eigenvalue weighted by atomic mass is 15.2. The van der Waals surface area contributed by atoms with Crippen molar-refractivity contribution in [2.45, 2.75) is 5.41 Å². The van der Waals surface area contributed by atoms with Crippen LogP contribution in [0.1, 0.15) is 22.3 Å². The maximum absolute atomic E-state index is 2.71.